The number of aryl methyl sites for hydroxylation is 1. The molecule has 0 aliphatic heterocycles. The van der Waals surface area contributed by atoms with Gasteiger partial charge in [-0.25, -0.2) is 4.98 Å². The Morgan fingerprint density at radius 1 is 1.33 bits per heavy atom. The zero-order chi connectivity index (χ0) is 22.5. The van der Waals surface area contributed by atoms with Crippen LogP contribution in [-0.4, -0.2) is 47.5 Å². The van der Waals surface area contributed by atoms with Crippen LogP contribution in [0.3, 0.4) is 0 Å². The van der Waals surface area contributed by atoms with Crippen LogP contribution in [0.4, 0.5) is 13.2 Å². The Balaban J connectivity index is 2.21. The number of nitrogens with one attached hydrogen (secondary N) is 1. The Labute approximate surface area is 172 Å². The first-order valence-electron chi connectivity index (χ1n) is 9.00. The van der Waals surface area contributed by atoms with Crippen LogP contribution < -0.4 is 14.8 Å². The van der Waals surface area contributed by atoms with Gasteiger partial charge in [-0.15, -0.1) is 6.58 Å². The molecule has 0 saturated carbocycles. The molecule has 1 aromatic carbocycles. The average Bonchev–Trinajstić information content (AvgIpc) is 3.12. The number of nitrogens with zero attached hydrogens (tertiary/aromatic N) is 2. The molecule has 0 aliphatic rings. The van der Waals surface area contributed by atoms with E-state index >= 15 is 0 Å². The van der Waals surface area contributed by atoms with E-state index in [1.54, 1.807) is 12.1 Å². The molecular weight excluding hydrogens is 403 g/mol. The molecule has 2 rings (SSSR count). The second-order valence-electron chi connectivity index (χ2n) is 6.59. The number of methoxy groups -OCH3 is 2. The van der Waals surface area contributed by atoms with Crippen molar-refractivity contribution in [2.75, 3.05) is 20.8 Å². The maximum absolute atomic E-state index is 13.6. The maximum Gasteiger partial charge on any atom is 0.424 e. The smallest absolute Gasteiger partial charge is 0.424 e. The summed E-state index contributed by atoms with van der Waals surface area (Å²) in [6.07, 6.45) is -1.30. The van der Waals surface area contributed by atoms with Gasteiger partial charge in [-0.3, -0.25) is 4.79 Å². The molecule has 0 bridgehead atoms. The first-order chi connectivity index (χ1) is 14.1. The topological polar surface area (TPSA) is 85.6 Å². The molecule has 0 radical (unpaired) electrons. The molecule has 1 heterocycles. The Morgan fingerprint density at radius 2 is 2.03 bits per heavy atom. The van der Waals surface area contributed by atoms with Gasteiger partial charge in [0.15, 0.2) is 11.5 Å². The van der Waals surface area contributed by atoms with Crippen LogP contribution in [0.15, 0.2) is 37.2 Å². The number of carbonyl (C=O) groups excluding carboxylic acids is 1. The van der Waals surface area contributed by atoms with E-state index in [0.717, 1.165) is 10.8 Å². The maximum atomic E-state index is 13.6. The van der Waals surface area contributed by atoms with E-state index in [2.05, 4.69) is 16.9 Å². The molecule has 2 aromatic rings. The van der Waals surface area contributed by atoms with Gasteiger partial charge >= 0.3 is 6.18 Å². The van der Waals surface area contributed by atoms with Gasteiger partial charge in [0, 0.05) is 43.5 Å². The summed E-state index contributed by atoms with van der Waals surface area (Å²) in [5.41, 5.74) is -2.39. The van der Waals surface area contributed by atoms with Crippen molar-refractivity contribution in [3.63, 3.8) is 0 Å². The highest BCUT2D eigenvalue weighted by molar-refractivity contribution is 5.95. The van der Waals surface area contributed by atoms with Crippen LogP contribution in [0.1, 0.15) is 28.2 Å². The summed E-state index contributed by atoms with van der Waals surface area (Å²) in [7, 11) is 4.22. The van der Waals surface area contributed by atoms with E-state index in [9.17, 15) is 23.1 Å². The summed E-state index contributed by atoms with van der Waals surface area (Å²) in [6.45, 7) is 3.22. The number of hydrogen-bond donors (Lipinski definition) is 2. The van der Waals surface area contributed by atoms with Crippen molar-refractivity contribution in [1.82, 2.24) is 14.9 Å². The zero-order valence-electron chi connectivity index (χ0n) is 16.9. The Bertz CT molecular complexity index is 911. The van der Waals surface area contributed by atoms with Crippen molar-refractivity contribution >= 4 is 5.91 Å². The lowest BCUT2D eigenvalue weighted by Gasteiger charge is -2.30. The summed E-state index contributed by atoms with van der Waals surface area (Å²) in [5.74, 6) is -0.425. The summed E-state index contributed by atoms with van der Waals surface area (Å²) in [5, 5.41) is 12.7. The van der Waals surface area contributed by atoms with Crippen molar-refractivity contribution < 1.29 is 32.5 Å². The molecule has 0 aliphatic carbocycles. The fourth-order valence-electron chi connectivity index (χ4n) is 3.08. The number of allylic oxidation sites excluding steroid dienone is 1. The Kier molecular flexibility index (Phi) is 7.14. The Hall–Kier alpha value is -3.01. The summed E-state index contributed by atoms with van der Waals surface area (Å²) in [4.78, 5) is 16.2. The molecular formula is C20H24F3N3O4. The monoisotopic (exact) mass is 427 g/mol. The third-order valence-corrected chi connectivity index (χ3v) is 4.61. The van der Waals surface area contributed by atoms with Crippen molar-refractivity contribution in [2.45, 2.75) is 24.6 Å². The lowest BCUT2D eigenvalue weighted by Crippen LogP contribution is -2.46. The summed E-state index contributed by atoms with van der Waals surface area (Å²) >= 11 is 0. The van der Waals surface area contributed by atoms with Gasteiger partial charge in [0.25, 0.3) is 5.91 Å². The normalized spacial score (nSPS) is 13.4. The Morgan fingerprint density at radius 3 is 2.53 bits per heavy atom. The van der Waals surface area contributed by atoms with E-state index in [1.165, 1.54) is 33.5 Å². The fourth-order valence-corrected chi connectivity index (χ4v) is 3.08. The molecule has 7 nitrogen and oxygen atoms in total. The largest absolute Gasteiger partial charge is 0.493 e. The molecule has 1 amide bonds. The van der Waals surface area contributed by atoms with Crippen LogP contribution in [0.25, 0.3) is 0 Å². The van der Waals surface area contributed by atoms with Crippen molar-refractivity contribution in [3.8, 4) is 11.5 Å². The van der Waals surface area contributed by atoms with Crippen molar-refractivity contribution in [1.29, 1.82) is 0 Å². The number of amides is 1. The fraction of sp³-hybridized carbons (Fsp3) is 0.400. The number of imidazole rings is 1. The third-order valence-electron chi connectivity index (χ3n) is 4.61. The predicted octanol–water partition coefficient (Wildman–Crippen LogP) is 2.74. The molecule has 0 spiro atoms. The molecule has 30 heavy (non-hydrogen) atoms. The molecule has 164 valence electrons. The minimum absolute atomic E-state index is 0.178. The van der Waals surface area contributed by atoms with Crippen LogP contribution >= 0.6 is 0 Å². The summed E-state index contributed by atoms with van der Waals surface area (Å²) < 4.78 is 52.3. The highest BCUT2D eigenvalue weighted by Crippen LogP contribution is 2.40. The lowest BCUT2D eigenvalue weighted by molar-refractivity contribution is -0.272. The van der Waals surface area contributed by atoms with Crippen LogP contribution in [0.5, 0.6) is 11.5 Å². The van der Waals surface area contributed by atoms with Crippen LogP contribution in [-0.2, 0) is 19.1 Å². The highest BCUT2D eigenvalue weighted by Gasteiger charge is 2.57. The number of aromatic nitrogens is 2. The first-order valence-corrected chi connectivity index (χ1v) is 9.00. The van der Waals surface area contributed by atoms with Crippen LogP contribution in [0, 0.1) is 0 Å². The van der Waals surface area contributed by atoms with E-state index < -0.39 is 36.5 Å². The number of carbonyl (C=O) groups is 1. The number of aliphatic hydroxyl groups is 1. The second-order valence-corrected chi connectivity index (χ2v) is 6.59. The van der Waals surface area contributed by atoms with E-state index in [1.807, 2.05) is 0 Å². The van der Waals surface area contributed by atoms with Gasteiger partial charge < -0.3 is 24.5 Å². The number of benzene rings is 1. The minimum Gasteiger partial charge on any atom is -0.493 e. The molecule has 0 saturated heterocycles. The van der Waals surface area contributed by atoms with Gasteiger partial charge in [-0.2, -0.15) is 13.2 Å². The number of ether oxygens (including phenoxy) is 2. The molecule has 1 aromatic heterocycles. The SMILES string of the molecule is C=CCc1cc(C(=O)NCCC(O)(c2nccn2C)C(F)(F)F)cc(OC)c1OC. The standard InChI is InChI=1S/C20H24F3N3O4/c1-5-6-13-11-14(12-15(29-3)16(13)30-4)17(27)24-8-7-19(28,20(21,22)23)18-25-9-10-26(18)2/h5,9-12,28H,1,6-8H2,2-4H3,(H,24,27). The zero-order valence-corrected chi connectivity index (χ0v) is 16.9. The van der Waals surface area contributed by atoms with Gasteiger partial charge in [0.1, 0.15) is 5.82 Å². The molecule has 1 atom stereocenters. The number of hydrogen-bond acceptors (Lipinski definition) is 5. The molecule has 0 fully saturated rings. The van der Waals surface area contributed by atoms with Crippen molar-refractivity contribution in [3.05, 3.63) is 54.1 Å². The lowest BCUT2D eigenvalue weighted by atomic mass is 9.97. The van der Waals surface area contributed by atoms with Gasteiger partial charge in [-0.1, -0.05) is 6.08 Å². The summed E-state index contributed by atoms with van der Waals surface area (Å²) in [6, 6.07) is 2.97. The second kappa shape index (κ2) is 9.21. The van der Waals surface area contributed by atoms with Crippen molar-refractivity contribution in [2.24, 2.45) is 7.05 Å². The van der Waals surface area contributed by atoms with Gasteiger partial charge in [-0.05, 0) is 18.6 Å². The highest BCUT2D eigenvalue weighted by atomic mass is 19.4. The average molecular weight is 427 g/mol. The van der Waals surface area contributed by atoms with Crippen LogP contribution in [0.2, 0.25) is 0 Å². The molecule has 10 heteroatoms. The van der Waals surface area contributed by atoms with E-state index in [-0.39, 0.29) is 5.56 Å². The number of rotatable bonds is 9. The number of halogens is 3. The number of alkyl halides is 3. The quantitative estimate of drug-likeness (QED) is 0.601. The van der Waals surface area contributed by atoms with E-state index in [4.69, 9.17) is 9.47 Å². The third kappa shape index (κ3) is 4.59. The minimum atomic E-state index is -4.97. The van der Waals surface area contributed by atoms with Gasteiger partial charge in [0.05, 0.1) is 14.2 Å². The van der Waals surface area contributed by atoms with Gasteiger partial charge in [0.2, 0.25) is 5.60 Å². The molecule has 1 unspecified atom stereocenters. The molecule has 2 N–H and O–H groups in total. The predicted molar refractivity (Wildman–Crippen MR) is 104 cm³/mol. The first kappa shape index (κ1) is 23.3. The van der Waals surface area contributed by atoms with E-state index in [0.29, 0.717) is 23.5 Å².